The summed E-state index contributed by atoms with van der Waals surface area (Å²) in [6, 6.07) is -0.0382. The number of nitrogens with zero attached hydrogens (tertiary/aromatic N) is 1. The van der Waals surface area contributed by atoms with Crippen LogP contribution in [0.3, 0.4) is 0 Å². The highest BCUT2D eigenvalue weighted by Gasteiger charge is 2.44. The molecule has 2 rings (SSSR count). The average Bonchev–Trinajstić information content (AvgIpc) is 2.88. The van der Waals surface area contributed by atoms with Gasteiger partial charge in [-0.2, -0.15) is 0 Å². The van der Waals surface area contributed by atoms with Gasteiger partial charge in [0.2, 0.25) is 5.91 Å². The maximum atomic E-state index is 12.7. The Morgan fingerprint density at radius 2 is 2.10 bits per heavy atom. The number of ether oxygens (including phenoxy) is 1. The van der Waals surface area contributed by atoms with Crippen LogP contribution in [0.5, 0.6) is 0 Å². The second kappa shape index (κ2) is 6.02. The number of carbonyl (C=O) groups is 1. The summed E-state index contributed by atoms with van der Waals surface area (Å²) < 4.78 is 5.88. The van der Waals surface area contributed by atoms with Gasteiger partial charge in [0.1, 0.15) is 0 Å². The minimum atomic E-state index is -0.154. The Hall–Kier alpha value is -0.610. The van der Waals surface area contributed by atoms with Crippen LogP contribution in [0.25, 0.3) is 0 Å². The van der Waals surface area contributed by atoms with E-state index in [-0.39, 0.29) is 23.7 Å². The van der Waals surface area contributed by atoms with Gasteiger partial charge in [-0.3, -0.25) is 10.1 Å². The van der Waals surface area contributed by atoms with Crippen molar-refractivity contribution in [2.24, 2.45) is 11.8 Å². The zero-order valence-corrected chi connectivity index (χ0v) is 13.6. The molecule has 0 saturated carbocycles. The summed E-state index contributed by atoms with van der Waals surface area (Å²) in [6.07, 6.45) is 3.33. The highest BCUT2D eigenvalue weighted by molar-refractivity contribution is 5.84. The van der Waals surface area contributed by atoms with Gasteiger partial charge in [-0.05, 0) is 38.0 Å². The summed E-state index contributed by atoms with van der Waals surface area (Å²) in [5, 5.41) is 3.53. The molecule has 0 radical (unpaired) electrons. The molecule has 3 unspecified atom stereocenters. The lowest BCUT2D eigenvalue weighted by Crippen LogP contribution is -2.47. The first-order valence-corrected chi connectivity index (χ1v) is 8.03. The first-order chi connectivity index (χ1) is 9.32. The van der Waals surface area contributed by atoms with E-state index < -0.39 is 0 Å². The molecule has 3 atom stereocenters. The minimum Gasteiger partial charge on any atom is -0.373 e. The number of amides is 1. The van der Waals surface area contributed by atoms with Crippen molar-refractivity contribution in [2.45, 2.75) is 71.7 Å². The molecule has 2 saturated heterocycles. The minimum absolute atomic E-state index is 0.0382. The van der Waals surface area contributed by atoms with Gasteiger partial charge in [0.05, 0.1) is 24.4 Å². The standard InChI is InChI=1S/C16H30N2O2/c1-11(2)9-13-17-14(12(3)4)15(19)18(13)10-16(5)7-6-8-20-16/h11-14,17H,6-10H2,1-5H3. The van der Waals surface area contributed by atoms with E-state index in [1.54, 1.807) is 0 Å². The Bertz CT molecular complexity index is 348. The first-order valence-electron chi connectivity index (χ1n) is 8.03. The van der Waals surface area contributed by atoms with Crippen molar-refractivity contribution in [3.8, 4) is 0 Å². The molecular formula is C16H30N2O2. The lowest BCUT2D eigenvalue weighted by atomic mass is 10.0. The summed E-state index contributed by atoms with van der Waals surface area (Å²) >= 11 is 0. The van der Waals surface area contributed by atoms with Crippen LogP contribution >= 0.6 is 0 Å². The van der Waals surface area contributed by atoms with Crippen LogP contribution in [-0.4, -0.2) is 41.8 Å². The Morgan fingerprint density at radius 1 is 1.40 bits per heavy atom. The Labute approximate surface area is 123 Å². The van der Waals surface area contributed by atoms with E-state index in [0.717, 1.165) is 32.4 Å². The third-order valence-electron chi connectivity index (χ3n) is 4.46. The van der Waals surface area contributed by atoms with E-state index in [2.05, 4.69) is 39.9 Å². The van der Waals surface area contributed by atoms with Gasteiger partial charge in [-0.1, -0.05) is 27.7 Å². The van der Waals surface area contributed by atoms with Gasteiger partial charge in [-0.25, -0.2) is 0 Å². The molecule has 0 bridgehead atoms. The second-order valence-electron chi connectivity index (χ2n) is 7.40. The fourth-order valence-corrected chi connectivity index (χ4v) is 3.33. The van der Waals surface area contributed by atoms with E-state index in [1.807, 2.05) is 4.90 Å². The Kier molecular flexibility index (Phi) is 4.75. The van der Waals surface area contributed by atoms with Crippen LogP contribution in [0.4, 0.5) is 0 Å². The van der Waals surface area contributed by atoms with Gasteiger partial charge in [-0.15, -0.1) is 0 Å². The molecular weight excluding hydrogens is 252 g/mol. The van der Waals surface area contributed by atoms with Crippen molar-refractivity contribution in [2.75, 3.05) is 13.2 Å². The summed E-state index contributed by atoms with van der Waals surface area (Å²) in [5.74, 6) is 1.16. The Morgan fingerprint density at radius 3 is 2.60 bits per heavy atom. The molecule has 2 aliphatic rings. The van der Waals surface area contributed by atoms with Crippen molar-refractivity contribution in [3.63, 3.8) is 0 Å². The molecule has 0 aromatic heterocycles. The van der Waals surface area contributed by atoms with Crippen LogP contribution < -0.4 is 5.32 Å². The lowest BCUT2D eigenvalue weighted by Gasteiger charge is -2.33. The zero-order chi connectivity index (χ0) is 14.9. The molecule has 2 heterocycles. The second-order valence-corrected chi connectivity index (χ2v) is 7.40. The van der Waals surface area contributed by atoms with Crippen molar-refractivity contribution in [3.05, 3.63) is 0 Å². The van der Waals surface area contributed by atoms with Crippen molar-refractivity contribution in [1.82, 2.24) is 10.2 Å². The smallest absolute Gasteiger partial charge is 0.241 e. The SMILES string of the molecule is CC(C)CC1NC(C(C)C)C(=O)N1CC1(C)CCCO1. The van der Waals surface area contributed by atoms with Gasteiger partial charge in [0.25, 0.3) is 0 Å². The van der Waals surface area contributed by atoms with Crippen molar-refractivity contribution in [1.29, 1.82) is 0 Å². The molecule has 4 nitrogen and oxygen atoms in total. The molecule has 0 aliphatic carbocycles. The summed E-state index contributed by atoms with van der Waals surface area (Å²) in [5.41, 5.74) is -0.154. The maximum Gasteiger partial charge on any atom is 0.241 e. The topological polar surface area (TPSA) is 41.6 Å². The van der Waals surface area contributed by atoms with Crippen LogP contribution in [0.1, 0.15) is 53.9 Å². The molecule has 0 aromatic carbocycles. The van der Waals surface area contributed by atoms with E-state index in [1.165, 1.54) is 0 Å². The lowest BCUT2D eigenvalue weighted by molar-refractivity contribution is -0.134. The van der Waals surface area contributed by atoms with Gasteiger partial charge in [0.15, 0.2) is 0 Å². The normalized spacial score (nSPS) is 34.8. The molecule has 0 spiro atoms. The van der Waals surface area contributed by atoms with Crippen molar-refractivity contribution >= 4 is 5.91 Å². The average molecular weight is 282 g/mol. The molecule has 0 aromatic rings. The summed E-state index contributed by atoms with van der Waals surface area (Å²) in [6.45, 7) is 12.3. The predicted octanol–water partition coefficient (Wildman–Crippen LogP) is 2.38. The molecule has 2 aliphatic heterocycles. The first kappa shape index (κ1) is 15.8. The van der Waals surface area contributed by atoms with E-state index in [0.29, 0.717) is 11.8 Å². The molecule has 2 fully saturated rings. The third-order valence-corrected chi connectivity index (χ3v) is 4.46. The van der Waals surface area contributed by atoms with Crippen LogP contribution in [0.15, 0.2) is 0 Å². The molecule has 1 amide bonds. The van der Waals surface area contributed by atoms with Gasteiger partial charge < -0.3 is 9.64 Å². The van der Waals surface area contributed by atoms with Gasteiger partial charge in [0, 0.05) is 6.61 Å². The monoisotopic (exact) mass is 282 g/mol. The van der Waals surface area contributed by atoms with E-state index in [9.17, 15) is 4.79 Å². The number of hydrogen-bond acceptors (Lipinski definition) is 3. The number of rotatable bonds is 5. The predicted molar refractivity (Wildman–Crippen MR) is 80.3 cm³/mol. The van der Waals surface area contributed by atoms with Crippen LogP contribution in [-0.2, 0) is 9.53 Å². The fraction of sp³-hybridized carbons (Fsp3) is 0.938. The number of carbonyl (C=O) groups excluding carboxylic acids is 1. The third kappa shape index (κ3) is 3.34. The maximum absolute atomic E-state index is 12.7. The molecule has 4 heteroatoms. The highest BCUT2D eigenvalue weighted by atomic mass is 16.5. The molecule has 116 valence electrons. The number of hydrogen-bond donors (Lipinski definition) is 1. The molecule has 1 N–H and O–H groups in total. The van der Waals surface area contributed by atoms with Gasteiger partial charge >= 0.3 is 0 Å². The molecule has 20 heavy (non-hydrogen) atoms. The van der Waals surface area contributed by atoms with E-state index >= 15 is 0 Å². The van der Waals surface area contributed by atoms with Crippen LogP contribution in [0, 0.1) is 11.8 Å². The largest absolute Gasteiger partial charge is 0.373 e. The fourth-order valence-electron chi connectivity index (χ4n) is 3.33. The van der Waals surface area contributed by atoms with E-state index in [4.69, 9.17) is 4.74 Å². The Balaban J connectivity index is 2.10. The van der Waals surface area contributed by atoms with Crippen LogP contribution in [0.2, 0.25) is 0 Å². The zero-order valence-electron chi connectivity index (χ0n) is 13.6. The highest BCUT2D eigenvalue weighted by Crippen LogP contribution is 2.30. The van der Waals surface area contributed by atoms with Crippen molar-refractivity contribution < 1.29 is 9.53 Å². The summed E-state index contributed by atoms with van der Waals surface area (Å²) in [4.78, 5) is 14.7. The number of nitrogens with one attached hydrogen (secondary N) is 1. The quantitative estimate of drug-likeness (QED) is 0.842. The summed E-state index contributed by atoms with van der Waals surface area (Å²) in [7, 11) is 0.